The minimum Gasteiger partial charge on any atom is -0.366 e. The predicted molar refractivity (Wildman–Crippen MR) is 91.1 cm³/mol. The number of pyridine rings is 1. The van der Waals surface area contributed by atoms with Crippen LogP contribution in [0.5, 0.6) is 0 Å². The summed E-state index contributed by atoms with van der Waals surface area (Å²) in [5.74, 6) is 0.794. The maximum atomic E-state index is 12.9. The van der Waals surface area contributed by atoms with Gasteiger partial charge in [-0.1, -0.05) is 11.6 Å². The summed E-state index contributed by atoms with van der Waals surface area (Å²) < 4.78 is 0. The highest BCUT2D eigenvalue weighted by atomic mass is 35.5. The lowest BCUT2D eigenvalue weighted by atomic mass is 9.96. The smallest absolute Gasteiger partial charge is 0.329 e. The molecule has 2 aliphatic heterocycles. The van der Waals surface area contributed by atoms with Crippen molar-refractivity contribution in [2.45, 2.75) is 12.0 Å². The van der Waals surface area contributed by atoms with E-state index in [1.807, 2.05) is 6.07 Å². The van der Waals surface area contributed by atoms with E-state index >= 15 is 0 Å². The Morgan fingerprint density at radius 3 is 3.04 bits per heavy atom. The number of carbonyl (C=O) groups excluding carboxylic acids is 1. The minimum atomic E-state index is -0.739. The van der Waals surface area contributed by atoms with E-state index in [1.165, 1.54) is 29.7 Å². The first kappa shape index (κ1) is 14.8. The van der Waals surface area contributed by atoms with Crippen LogP contribution in [0.4, 0.5) is 22.1 Å². The lowest BCUT2D eigenvalue weighted by molar-refractivity contribution is 0.253. The third kappa shape index (κ3) is 2.18. The van der Waals surface area contributed by atoms with Gasteiger partial charge in [0.1, 0.15) is 10.7 Å². The van der Waals surface area contributed by atoms with Gasteiger partial charge in [-0.2, -0.15) is 0 Å². The summed E-state index contributed by atoms with van der Waals surface area (Å²) in [6.07, 6.45) is 6.46. The maximum absolute atomic E-state index is 12.9. The summed E-state index contributed by atoms with van der Waals surface area (Å²) in [7, 11) is 0. The van der Waals surface area contributed by atoms with E-state index in [0.29, 0.717) is 29.8 Å². The number of halogens is 1. The number of anilines is 3. The topological polar surface area (TPSA) is 98.1 Å². The van der Waals surface area contributed by atoms with Gasteiger partial charge in [0.15, 0.2) is 11.6 Å². The third-order valence-corrected chi connectivity index (χ3v) is 4.58. The van der Waals surface area contributed by atoms with Gasteiger partial charge in [-0.05, 0) is 18.6 Å². The van der Waals surface area contributed by atoms with Gasteiger partial charge in [0.2, 0.25) is 0 Å². The van der Waals surface area contributed by atoms with Crippen molar-refractivity contribution in [2.75, 3.05) is 28.2 Å². The van der Waals surface area contributed by atoms with Crippen LogP contribution in [0.2, 0.25) is 5.15 Å². The highest BCUT2D eigenvalue weighted by molar-refractivity contribution is 6.29. The molecular weight excluding hydrogens is 330 g/mol. The molecule has 24 heavy (non-hydrogen) atoms. The zero-order chi connectivity index (χ0) is 16.7. The van der Waals surface area contributed by atoms with Crippen LogP contribution >= 0.6 is 11.6 Å². The quantitative estimate of drug-likeness (QED) is 0.643. The molecule has 0 aromatic carbocycles. The van der Waals surface area contributed by atoms with Crippen molar-refractivity contribution < 1.29 is 4.79 Å². The molecule has 1 atom stereocenters. The van der Waals surface area contributed by atoms with E-state index in [1.54, 1.807) is 6.07 Å². The first-order valence-electron chi connectivity index (χ1n) is 7.43. The average Bonchev–Trinajstić information content (AvgIpc) is 2.96. The van der Waals surface area contributed by atoms with Crippen molar-refractivity contribution in [3.63, 3.8) is 0 Å². The van der Waals surface area contributed by atoms with Crippen LogP contribution in [0.1, 0.15) is 6.42 Å². The number of rotatable bonds is 2. The molecule has 8 nitrogen and oxygen atoms in total. The normalized spacial score (nSPS) is 21.4. The van der Waals surface area contributed by atoms with Crippen molar-refractivity contribution in [1.82, 2.24) is 15.0 Å². The van der Waals surface area contributed by atoms with E-state index < -0.39 is 11.6 Å². The summed E-state index contributed by atoms with van der Waals surface area (Å²) in [5, 5.41) is 10.9. The lowest BCUT2D eigenvalue weighted by Gasteiger charge is -2.42. The fourth-order valence-electron chi connectivity index (χ4n) is 3.26. The maximum Gasteiger partial charge on any atom is 0.329 e. The predicted octanol–water partition coefficient (Wildman–Crippen LogP) is 2.18. The highest BCUT2D eigenvalue weighted by Gasteiger charge is 2.51. The zero-order valence-electron chi connectivity index (χ0n) is 12.6. The second kappa shape index (κ2) is 5.41. The van der Waals surface area contributed by atoms with Crippen LogP contribution in [0.3, 0.4) is 0 Å². The Morgan fingerprint density at radius 1 is 1.42 bits per heavy atom. The number of hydrogen-bond acceptors (Lipinski definition) is 6. The monoisotopic (exact) mass is 343 g/mol. The molecule has 1 unspecified atom stereocenters. The summed E-state index contributed by atoms with van der Waals surface area (Å²) >= 11 is 6.04. The van der Waals surface area contributed by atoms with Crippen molar-refractivity contribution in [2.24, 2.45) is 0 Å². The summed E-state index contributed by atoms with van der Waals surface area (Å²) in [6, 6.07) is 3.15. The molecule has 122 valence electrons. The molecular formula is C15H14ClN7O. The molecule has 0 spiro atoms. The van der Waals surface area contributed by atoms with E-state index in [-0.39, 0.29) is 0 Å². The number of hydrogen-bond donors (Lipinski definition) is 2. The number of urea groups is 1. The Balaban J connectivity index is 1.78. The van der Waals surface area contributed by atoms with Gasteiger partial charge in [0.25, 0.3) is 0 Å². The van der Waals surface area contributed by atoms with Gasteiger partial charge in [-0.25, -0.2) is 14.8 Å². The molecule has 2 amide bonds. The van der Waals surface area contributed by atoms with Crippen LogP contribution in [-0.4, -0.2) is 45.8 Å². The van der Waals surface area contributed by atoms with Gasteiger partial charge in [0, 0.05) is 31.7 Å². The number of carbonyl (C=O) groups is 1. The molecule has 0 saturated carbocycles. The molecule has 2 aliphatic rings. The second-order valence-corrected chi connectivity index (χ2v) is 6.14. The van der Waals surface area contributed by atoms with Gasteiger partial charge in [-0.3, -0.25) is 15.2 Å². The fourth-order valence-corrected chi connectivity index (χ4v) is 3.40. The molecule has 4 rings (SSSR count). The van der Waals surface area contributed by atoms with E-state index in [4.69, 9.17) is 17.0 Å². The van der Waals surface area contributed by atoms with Crippen molar-refractivity contribution in [3.8, 4) is 0 Å². The van der Waals surface area contributed by atoms with Gasteiger partial charge in [0.05, 0.1) is 11.9 Å². The first-order chi connectivity index (χ1) is 11.6. The highest BCUT2D eigenvalue weighted by Crippen LogP contribution is 2.44. The molecule has 2 aromatic heterocycles. The Kier molecular flexibility index (Phi) is 3.34. The number of amides is 2. The van der Waals surface area contributed by atoms with Crippen molar-refractivity contribution in [3.05, 3.63) is 35.9 Å². The van der Waals surface area contributed by atoms with Gasteiger partial charge < -0.3 is 10.3 Å². The van der Waals surface area contributed by atoms with Crippen molar-refractivity contribution >= 4 is 41.2 Å². The number of nitrogens with zero attached hydrogens (tertiary/aromatic N) is 5. The summed E-state index contributed by atoms with van der Waals surface area (Å²) in [4.78, 5) is 28.9. The average molecular weight is 344 g/mol. The van der Waals surface area contributed by atoms with E-state index in [9.17, 15) is 4.79 Å². The van der Waals surface area contributed by atoms with Gasteiger partial charge >= 0.3 is 6.03 Å². The Morgan fingerprint density at radius 2 is 2.29 bits per heavy atom. The van der Waals surface area contributed by atoms with Gasteiger partial charge in [-0.15, -0.1) is 0 Å². The molecule has 2 bridgehead atoms. The molecule has 1 saturated heterocycles. The molecule has 4 heterocycles. The van der Waals surface area contributed by atoms with Crippen molar-refractivity contribution in [1.29, 1.82) is 5.41 Å². The molecule has 2 aromatic rings. The molecule has 0 aliphatic carbocycles. The molecule has 2 N–H and O–H groups in total. The number of fused-ring (bicyclic) bond motifs is 4. The third-order valence-electron chi connectivity index (χ3n) is 4.37. The number of nitrogens with one attached hydrogen (secondary N) is 2. The molecule has 1 fully saturated rings. The Bertz CT molecular complexity index is 815. The van der Waals surface area contributed by atoms with E-state index in [0.717, 1.165) is 12.2 Å². The second-order valence-electron chi connectivity index (χ2n) is 5.75. The first-order valence-corrected chi connectivity index (χ1v) is 7.81. The van der Waals surface area contributed by atoms with Crippen LogP contribution in [0.15, 0.2) is 30.7 Å². The van der Waals surface area contributed by atoms with Crippen LogP contribution in [0, 0.1) is 5.41 Å². The zero-order valence-corrected chi connectivity index (χ0v) is 13.4. The standard InChI is InChI=1S/C15H14ClN7O/c16-11-2-1-10-13(20-11)23(15(8-17)3-6-22(10)9-15)14(24)21-12-7-18-4-5-19-12/h1-2,4-5,7-8,17H,3,6,9H2,(H,19,21,24). The van der Waals surface area contributed by atoms with E-state index in [2.05, 4.69) is 25.2 Å². The fraction of sp³-hybridized carbons (Fsp3) is 0.267. The SMILES string of the molecule is N=CC12CCN(C1)c1ccc(Cl)nc1N2C(=O)Nc1cnccn1. The molecule has 0 radical (unpaired) electrons. The Hall–Kier alpha value is -2.74. The minimum absolute atomic E-state index is 0.300. The Labute approximate surface area is 143 Å². The number of aromatic nitrogens is 3. The molecule has 9 heteroatoms. The van der Waals surface area contributed by atoms with Crippen LogP contribution in [0.25, 0.3) is 0 Å². The van der Waals surface area contributed by atoms with Crippen LogP contribution < -0.4 is 15.1 Å². The summed E-state index contributed by atoms with van der Waals surface area (Å²) in [6.45, 7) is 1.31. The van der Waals surface area contributed by atoms with Crippen LogP contribution in [-0.2, 0) is 0 Å². The summed E-state index contributed by atoms with van der Waals surface area (Å²) in [5.41, 5.74) is 0.0976. The largest absolute Gasteiger partial charge is 0.366 e. The lowest BCUT2D eigenvalue weighted by Crippen LogP contribution is -2.59.